The van der Waals surface area contributed by atoms with E-state index in [1.807, 2.05) is 56.3 Å². The van der Waals surface area contributed by atoms with Crippen molar-refractivity contribution in [3.8, 4) is 0 Å². The van der Waals surface area contributed by atoms with Crippen molar-refractivity contribution in [2.24, 2.45) is 0 Å². The number of hydrogen-bond acceptors (Lipinski definition) is 2. The van der Waals surface area contributed by atoms with Gasteiger partial charge in [0, 0.05) is 34.4 Å². The highest BCUT2D eigenvalue weighted by atomic mass is 16.2. The Kier molecular flexibility index (Phi) is 5.99. The molecule has 5 nitrogen and oxygen atoms in total. The molecule has 1 atom stereocenters. The maximum atomic E-state index is 13.4. The second-order valence-electron chi connectivity index (χ2n) is 8.27. The zero-order valence-corrected chi connectivity index (χ0v) is 19.0. The fourth-order valence-electron chi connectivity index (χ4n) is 4.60. The summed E-state index contributed by atoms with van der Waals surface area (Å²) in [5.74, 6) is -0.156. The quantitative estimate of drug-likeness (QED) is 0.452. The van der Waals surface area contributed by atoms with Crippen LogP contribution < -0.4 is 10.9 Å². The van der Waals surface area contributed by atoms with E-state index in [2.05, 4.69) is 46.9 Å². The molecule has 4 rings (SSSR count). The van der Waals surface area contributed by atoms with Crippen LogP contribution in [0.3, 0.4) is 0 Å². The molecule has 0 spiro atoms. The fraction of sp³-hybridized carbons (Fsp3) is 0.259. The number of aromatic amines is 1. The van der Waals surface area contributed by atoms with E-state index >= 15 is 0 Å². The summed E-state index contributed by atoms with van der Waals surface area (Å²) in [6.07, 6.45) is 0.721. The van der Waals surface area contributed by atoms with Crippen LogP contribution in [-0.2, 0) is 13.0 Å². The number of para-hydroxylation sites is 1. The smallest absolute Gasteiger partial charge is 0.254 e. The van der Waals surface area contributed by atoms with Crippen LogP contribution in [-0.4, -0.2) is 15.5 Å². The molecule has 32 heavy (non-hydrogen) atoms. The minimum Gasteiger partial charge on any atom is -0.348 e. The van der Waals surface area contributed by atoms with Crippen LogP contribution in [0, 0.1) is 13.8 Å². The Labute approximate surface area is 188 Å². The lowest BCUT2D eigenvalue weighted by molar-refractivity contribution is 0.0951. The molecule has 2 N–H and O–H groups in total. The number of nitrogens with zero attached hydrogens (tertiary/aromatic N) is 1. The van der Waals surface area contributed by atoms with Gasteiger partial charge in [0.2, 0.25) is 0 Å². The van der Waals surface area contributed by atoms with Gasteiger partial charge in [-0.15, -0.1) is 0 Å². The minimum absolute atomic E-state index is 0.0831. The molecular weight excluding hydrogens is 398 g/mol. The number of aromatic nitrogens is 2. The number of H-pyrrole nitrogens is 1. The number of amides is 1. The summed E-state index contributed by atoms with van der Waals surface area (Å²) in [6.45, 7) is 8.19. The molecule has 0 saturated heterocycles. The van der Waals surface area contributed by atoms with Crippen molar-refractivity contribution >= 4 is 16.8 Å². The number of fused-ring (bicyclic) bond motifs is 1. The molecule has 0 saturated carbocycles. The van der Waals surface area contributed by atoms with Crippen molar-refractivity contribution in [2.75, 3.05) is 0 Å². The van der Waals surface area contributed by atoms with Crippen LogP contribution in [0.5, 0.6) is 0 Å². The molecule has 1 unspecified atom stereocenters. The third-order valence-corrected chi connectivity index (χ3v) is 6.16. The monoisotopic (exact) mass is 427 g/mol. The van der Waals surface area contributed by atoms with Gasteiger partial charge in [-0.25, -0.2) is 0 Å². The normalized spacial score (nSPS) is 12.1. The first kappa shape index (κ1) is 21.6. The summed E-state index contributed by atoms with van der Waals surface area (Å²) in [6, 6.07) is 20.4. The minimum atomic E-state index is -0.156. The third kappa shape index (κ3) is 3.86. The summed E-state index contributed by atoms with van der Waals surface area (Å²) >= 11 is 0. The van der Waals surface area contributed by atoms with E-state index in [0.29, 0.717) is 11.1 Å². The van der Waals surface area contributed by atoms with Gasteiger partial charge in [0.1, 0.15) is 0 Å². The average molecular weight is 428 g/mol. The summed E-state index contributed by atoms with van der Waals surface area (Å²) in [4.78, 5) is 28.6. The van der Waals surface area contributed by atoms with Gasteiger partial charge in [-0.1, -0.05) is 55.5 Å². The molecule has 2 heterocycles. The van der Waals surface area contributed by atoms with E-state index in [1.165, 1.54) is 5.56 Å². The number of benzene rings is 2. The highest BCUT2D eigenvalue weighted by Crippen LogP contribution is 2.32. The molecule has 2 aromatic carbocycles. The van der Waals surface area contributed by atoms with Crippen LogP contribution >= 0.6 is 0 Å². The van der Waals surface area contributed by atoms with Crippen LogP contribution in [0.15, 0.2) is 65.5 Å². The Morgan fingerprint density at radius 3 is 2.44 bits per heavy atom. The Hall–Kier alpha value is -3.60. The highest BCUT2D eigenvalue weighted by Gasteiger charge is 2.24. The predicted molar refractivity (Wildman–Crippen MR) is 129 cm³/mol. The molecule has 5 heteroatoms. The summed E-state index contributed by atoms with van der Waals surface area (Å²) < 4.78 is 2.27. The first-order valence-corrected chi connectivity index (χ1v) is 11.1. The maximum absolute atomic E-state index is 13.4. The van der Waals surface area contributed by atoms with Gasteiger partial charge in [-0.2, -0.15) is 0 Å². The van der Waals surface area contributed by atoms with Crippen molar-refractivity contribution < 1.29 is 4.79 Å². The van der Waals surface area contributed by atoms with Crippen molar-refractivity contribution in [3.63, 3.8) is 0 Å². The van der Waals surface area contributed by atoms with Crippen LogP contribution in [0.1, 0.15) is 58.3 Å². The lowest BCUT2D eigenvalue weighted by Crippen LogP contribution is -2.28. The zero-order valence-electron chi connectivity index (χ0n) is 19.0. The second-order valence-corrected chi connectivity index (χ2v) is 8.27. The molecule has 2 aromatic heterocycles. The number of carbonyl (C=O) groups excluding carboxylic acids is 1. The Morgan fingerprint density at radius 1 is 1.06 bits per heavy atom. The van der Waals surface area contributed by atoms with Crippen LogP contribution in [0.4, 0.5) is 0 Å². The fourth-order valence-corrected chi connectivity index (χ4v) is 4.60. The number of hydrogen-bond donors (Lipinski definition) is 2. The Morgan fingerprint density at radius 2 is 1.75 bits per heavy atom. The molecule has 0 aliphatic rings. The topological polar surface area (TPSA) is 66.9 Å². The standard InChI is InChI=1S/C27H29N3O2/c1-5-23-25(27(32)28-16-22-17(2)15-18(3)29-26(22)31)21-13-9-10-14-24(21)30(23)19(4)20-11-7-6-8-12-20/h6-15,19H,5,16H2,1-4H3,(H,28,32)(H,29,31). The SMILES string of the molecule is CCc1c(C(=O)NCc2c(C)cc(C)[nH]c2=O)c2ccccc2n1C(C)c1ccccc1. The highest BCUT2D eigenvalue weighted by molar-refractivity contribution is 6.08. The van der Waals surface area contributed by atoms with Crippen molar-refractivity contribution in [3.05, 3.63) is 105 Å². The molecule has 0 fully saturated rings. The third-order valence-electron chi connectivity index (χ3n) is 6.16. The van der Waals surface area contributed by atoms with E-state index in [1.54, 1.807) is 0 Å². The molecule has 0 radical (unpaired) electrons. The maximum Gasteiger partial charge on any atom is 0.254 e. The van der Waals surface area contributed by atoms with Gasteiger partial charge in [0.15, 0.2) is 0 Å². The van der Waals surface area contributed by atoms with Gasteiger partial charge in [-0.05, 0) is 50.5 Å². The first-order chi connectivity index (χ1) is 15.4. The van der Waals surface area contributed by atoms with E-state index in [9.17, 15) is 9.59 Å². The van der Waals surface area contributed by atoms with E-state index in [0.717, 1.165) is 34.3 Å². The first-order valence-electron chi connectivity index (χ1n) is 11.1. The number of nitrogens with one attached hydrogen (secondary N) is 2. The predicted octanol–water partition coefficient (Wildman–Crippen LogP) is 5.05. The van der Waals surface area contributed by atoms with Crippen molar-refractivity contribution in [1.82, 2.24) is 14.9 Å². The van der Waals surface area contributed by atoms with E-state index in [-0.39, 0.29) is 24.1 Å². The van der Waals surface area contributed by atoms with Gasteiger partial charge in [0.05, 0.1) is 11.6 Å². The van der Waals surface area contributed by atoms with E-state index in [4.69, 9.17) is 0 Å². The van der Waals surface area contributed by atoms with Crippen LogP contribution in [0.2, 0.25) is 0 Å². The second kappa shape index (κ2) is 8.87. The Balaban J connectivity index is 1.76. The number of aryl methyl sites for hydroxylation is 2. The number of rotatable bonds is 6. The lowest BCUT2D eigenvalue weighted by atomic mass is 10.1. The lowest BCUT2D eigenvalue weighted by Gasteiger charge is -2.19. The zero-order chi connectivity index (χ0) is 22.8. The molecule has 0 aliphatic carbocycles. The molecule has 1 amide bonds. The summed E-state index contributed by atoms with van der Waals surface area (Å²) in [5.41, 5.74) is 6.03. The van der Waals surface area contributed by atoms with Gasteiger partial charge in [-0.3, -0.25) is 9.59 Å². The van der Waals surface area contributed by atoms with Gasteiger partial charge < -0.3 is 14.9 Å². The average Bonchev–Trinajstić information content (AvgIpc) is 3.12. The molecular formula is C27H29N3O2. The summed E-state index contributed by atoms with van der Waals surface area (Å²) in [5, 5.41) is 3.93. The number of pyridine rings is 1. The van der Waals surface area contributed by atoms with E-state index < -0.39 is 0 Å². The summed E-state index contributed by atoms with van der Waals surface area (Å²) in [7, 11) is 0. The molecule has 0 aliphatic heterocycles. The molecule has 4 aromatic rings. The molecule has 164 valence electrons. The largest absolute Gasteiger partial charge is 0.348 e. The molecule has 0 bridgehead atoms. The number of carbonyl (C=O) groups is 1. The van der Waals surface area contributed by atoms with Crippen LogP contribution in [0.25, 0.3) is 10.9 Å². The van der Waals surface area contributed by atoms with Crippen molar-refractivity contribution in [2.45, 2.75) is 46.7 Å². The van der Waals surface area contributed by atoms with Gasteiger partial charge in [0.25, 0.3) is 11.5 Å². The Bertz CT molecular complexity index is 1330. The van der Waals surface area contributed by atoms with Gasteiger partial charge >= 0.3 is 0 Å². The van der Waals surface area contributed by atoms with Crippen molar-refractivity contribution in [1.29, 1.82) is 0 Å².